The molecule has 296 valence electrons. The second-order valence-corrected chi connectivity index (χ2v) is 20.3. The summed E-state index contributed by atoms with van der Waals surface area (Å²) in [6.45, 7) is 22.2. The molecule has 8 nitrogen and oxygen atoms in total. The van der Waals surface area contributed by atoms with Gasteiger partial charge in [-0.25, -0.2) is 0 Å². The molecule has 8 heteroatoms. The van der Waals surface area contributed by atoms with Crippen molar-refractivity contribution in [1.82, 2.24) is 0 Å². The molecule has 1 aliphatic heterocycles. The van der Waals surface area contributed by atoms with Gasteiger partial charge in [0.15, 0.2) is 0 Å². The van der Waals surface area contributed by atoms with Crippen molar-refractivity contribution < 1.29 is 38.1 Å². The number of carbonyl (C=O) groups excluding carboxylic acids is 4. The maximum absolute atomic E-state index is 12.4. The van der Waals surface area contributed by atoms with Crippen LogP contribution >= 0.6 is 0 Å². The second-order valence-electron chi connectivity index (χ2n) is 20.3. The van der Waals surface area contributed by atoms with E-state index < -0.39 is 5.41 Å². The number of fused-ring (bicyclic) bond motifs is 1. The Balaban J connectivity index is 0.000000151. The Morgan fingerprint density at radius 3 is 1.63 bits per heavy atom. The molecule has 0 N–H and O–H groups in total. The molecule has 1 heterocycles. The summed E-state index contributed by atoms with van der Waals surface area (Å²) in [6.07, 6.45) is 16.0. The minimum Gasteiger partial charge on any atom is -0.459 e. The summed E-state index contributed by atoms with van der Waals surface area (Å²) < 4.78 is 23.0. The van der Waals surface area contributed by atoms with Gasteiger partial charge in [0, 0.05) is 11.8 Å². The van der Waals surface area contributed by atoms with Gasteiger partial charge in [0.2, 0.25) is 0 Å². The van der Waals surface area contributed by atoms with Gasteiger partial charge >= 0.3 is 23.9 Å². The van der Waals surface area contributed by atoms with Crippen LogP contribution in [0.5, 0.6) is 0 Å². The number of esters is 4. The predicted octanol–water partition coefficient (Wildman–Crippen LogP) is 9.79. The molecule has 8 fully saturated rings. The van der Waals surface area contributed by atoms with Gasteiger partial charge in [-0.3, -0.25) is 19.2 Å². The molecule has 0 spiro atoms. The zero-order valence-electron chi connectivity index (χ0n) is 34.6. The number of rotatable bonds is 10. The lowest BCUT2D eigenvalue weighted by Gasteiger charge is -2.56. The third-order valence-electron chi connectivity index (χ3n) is 15.1. The van der Waals surface area contributed by atoms with E-state index in [1.54, 1.807) is 0 Å². The second kappa shape index (κ2) is 15.2. The molecule has 6 bridgehead atoms. The van der Waals surface area contributed by atoms with Crippen LogP contribution in [-0.2, 0) is 38.1 Å². The molecule has 0 aromatic carbocycles. The van der Waals surface area contributed by atoms with Crippen molar-refractivity contribution in [3.05, 3.63) is 0 Å². The molecule has 0 radical (unpaired) electrons. The van der Waals surface area contributed by atoms with E-state index in [0.717, 1.165) is 82.0 Å². The van der Waals surface area contributed by atoms with E-state index in [1.165, 1.54) is 32.1 Å². The van der Waals surface area contributed by atoms with E-state index >= 15 is 0 Å². The van der Waals surface area contributed by atoms with Gasteiger partial charge in [0.05, 0.1) is 22.2 Å². The third-order valence-corrected chi connectivity index (χ3v) is 15.1. The summed E-state index contributed by atoms with van der Waals surface area (Å²) in [4.78, 5) is 48.2. The number of ether oxygens (including phenoxy) is 4. The summed E-state index contributed by atoms with van der Waals surface area (Å²) in [6, 6.07) is 0. The minimum absolute atomic E-state index is 0.0226. The first kappa shape index (κ1) is 41.1. The van der Waals surface area contributed by atoms with Crippen molar-refractivity contribution in [2.75, 3.05) is 0 Å². The fourth-order valence-electron chi connectivity index (χ4n) is 10.4. The summed E-state index contributed by atoms with van der Waals surface area (Å²) >= 11 is 0. The van der Waals surface area contributed by atoms with Gasteiger partial charge in [-0.1, -0.05) is 34.6 Å². The van der Waals surface area contributed by atoms with Crippen LogP contribution in [-0.4, -0.2) is 47.3 Å². The Labute approximate surface area is 315 Å². The van der Waals surface area contributed by atoms with Gasteiger partial charge in [0.1, 0.15) is 23.4 Å². The Kier molecular flexibility index (Phi) is 12.0. The number of carbonyl (C=O) groups is 4. The van der Waals surface area contributed by atoms with Crippen molar-refractivity contribution in [3.63, 3.8) is 0 Å². The van der Waals surface area contributed by atoms with Gasteiger partial charge in [-0.15, -0.1) is 0 Å². The van der Waals surface area contributed by atoms with Crippen LogP contribution in [0.1, 0.15) is 172 Å². The highest BCUT2D eigenvalue weighted by Gasteiger charge is 2.63. The van der Waals surface area contributed by atoms with Crippen LogP contribution in [0.3, 0.4) is 0 Å². The van der Waals surface area contributed by atoms with E-state index in [1.807, 2.05) is 55.4 Å². The number of hydrogen-bond acceptors (Lipinski definition) is 8. The van der Waals surface area contributed by atoms with Crippen LogP contribution < -0.4 is 0 Å². The molecule has 5 atom stereocenters. The van der Waals surface area contributed by atoms with Gasteiger partial charge < -0.3 is 18.9 Å². The lowest BCUT2D eigenvalue weighted by molar-refractivity contribution is -0.196. The monoisotopic (exact) mass is 729 g/mol. The van der Waals surface area contributed by atoms with E-state index in [-0.39, 0.29) is 64.0 Å². The zero-order valence-corrected chi connectivity index (χ0v) is 34.6. The first-order valence-corrected chi connectivity index (χ1v) is 21.1. The predicted molar refractivity (Wildman–Crippen MR) is 201 cm³/mol. The molecular formula is C44H72O8. The van der Waals surface area contributed by atoms with Crippen LogP contribution in [0.2, 0.25) is 0 Å². The standard InChI is InChI=1S/C16H26O2.C14H20O4.C14H26O2/c1-4-15(2,3)14(17)18-16-8-11-5-12(9-16)7-13(6-11)10-16;1-4-14(2,3)13(16)18-10-7-5-8-9(6-7)12(15)17-11(8)10;1-6-13(4,5)12(15)16-14(11(2)3)9-7-8-10-14/h11-13H,4-10H2,1-3H3;7-11H,4-6H2,1-3H3;11H,6-10H2,1-5H3. The Hall–Kier alpha value is -2.12. The topological polar surface area (TPSA) is 105 Å². The first-order valence-electron chi connectivity index (χ1n) is 21.1. The quantitative estimate of drug-likeness (QED) is 0.162. The largest absolute Gasteiger partial charge is 0.459 e. The lowest BCUT2D eigenvalue weighted by Crippen LogP contribution is -2.53. The average Bonchev–Trinajstić information content (AvgIpc) is 3.84. The van der Waals surface area contributed by atoms with E-state index in [0.29, 0.717) is 17.8 Å². The molecule has 7 aliphatic carbocycles. The van der Waals surface area contributed by atoms with E-state index in [4.69, 9.17) is 18.9 Å². The molecule has 8 rings (SSSR count). The highest BCUT2D eigenvalue weighted by Crippen LogP contribution is 2.58. The summed E-state index contributed by atoms with van der Waals surface area (Å²) in [5.41, 5.74) is -1.36. The maximum Gasteiger partial charge on any atom is 0.312 e. The summed E-state index contributed by atoms with van der Waals surface area (Å²) in [7, 11) is 0. The average molecular weight is 729 g/mol. The van der Waals surface area contributed by atoms with E-state index in [2.05, 4.69) is 20.8 Å². The highest BCUT2D eigenvalue weighted by atomic mass is 16.6. The third kappa shape index (κ3) is 8.26. The Morgan fingerprint density at radius 1 is 0.712 bits per heavy atom. The molecule has 1 saturated heterocycles. The van der Waals surface area contributed by atoms with Crippen molar-refractivity contribution in [1.29, 1.82) is 0 Å². The Bertz CT molecular complexity index is 1280. The van der Waals surface area contributed by atoms with Crippen LogP contribution in [0, 0.1) is 57.7 Å². The van der Waals surface area contributed by atoms with Crippen LogP contribution in [0.4, 0.5) is 0 Å². The lowest BCUT2D eigenvalue weighted by atomic mass is 9.54. The minimum atomic E-state index is -0.455. The van der Waals surface area contributed by atoms with Crippen molar-refractivity contribution in [2.45, 2.75) is 196 Å². The zero-order chi connectivity index (χ0) is 38.4. The SMILES string of the molecule is CCC(C)(C)C(=O)OC1(C(C)C)CCCC1.CCC(C)(C)C(=O)OC12CC3CC(CC(C3)C1)C2.CCC(C)(C)C(=O)OC1C2CC3C(=O)OC1C3C2. The molecule has 7 saturated carbocycles. The van der Waals surface area contributed by atoms with Crippen molar-refractivity contribution in [3.8, 4) is 0 Å². The molecular weight excluding hydrogens is 656 g/mol. The van der Waals surface area contributed by atoms with Crippen molar-refractivity contribution in [2.24, 2.45) is 57.7 Å². The molecule has 0 aromatic heterocycles. The molecule has 5 unspecified atom stereocenters. The van der Waals surface area contributed by atoms with E-state index in [9.17, 15) is 19.2 Å². The van der Waals surface area contributed by atoms with Gasteiger partial charge in [0.25, 0.3) is 0 Å². The molecule has 0 amide bonds. The fraction of sp³-hybridized carbons (Fsp3) is 0.909. The number of hydrogen-bond donors (Lipinski definition) is 0. The van der Waals surface area contributed by atoms with Crippen LogP contribution in [0.15, 0.2) is 0 Å². The molecule has 52 heavy (non-hydrogen) atoms. The normalized spacial score (nSPS) is 35.0. The molecule has 8 aliphatic rings. The summed E-state index contributed by atoms with van der Waals surface area (Å²) in [5, 5.41) is 0. The highest BCUT2D eigenvalue weighted by molar-refractivity contribution is 5.79. The van der Waals surface area contributed by atoms with Gasteiger partial charge in [-0.05, 0) is 162 Å². The van der Waals surface area contributed by atoms with Crippen LogP contribution in [0.25, 0.3) is 0 Å². The van der Waals surface area contributed by atoms with Crippen molar-refractivity contribution >= 4 is 23.9 Å². The summed E-state index contributed by atoms with van der Waals surface area (Å²) in [5.74, 6) is 3.41. The Morgan fingerprint density at radius 2 is 1.17 bits per heavy atom. The first-order chi connectivity index (χ1) is 24.2. The smallest absolute Gasteiger partial charge is 0.312 e. The molecule has 0 aromatic rings. The van der Waals surface area contributed by atoms with Gasteiger partial charge in [-0.2, -0.15) is 0 Å². The fourth-order valence-corrected chi connectivity index (χ4v) is 10.4. The maximum atomic E-state index is 12.4.